The number of nitrogens with one attached hydrogen (secondary N) is 2. The van der Waals surface area contributed by atoms with E-state index < -0.39 is 30.1 Å². The number of amides is 2. The zero-order chi connectivity index (χ0) is 24.1. The molecule has 178 valence electrons. The third-order valence-corrected chi connectivity index (χ3v) is 6.34. The number of fused-ring (bicyclic) bond motifs is 3. The first-order valence-corrected chi connectivity index (χ1v) is 11.3. The number of carbonyl (C=O) groups excluding carboxylic acids is 2. The van der Waals surface area contributed by atoms with Gasteiger partial charge in [0.25, 0.3) is 0 Å². The number of aliphatic carboxylic acids is 1. The second-order valence-electron chi connectivity index (χ2n) is 8.47. The van der Waals surface area contributed by atoms with E-state index in [0.717, 1.165) is 22.3 Å². The van der Waals surface area contributed by atoms with Gasteiger partial charge in [-0.3, -0.25) is 4.79 Å². The van der Waals surface area contributed by atoms with E-state index in [0.29, 0.717) is 13.0 Å². The van der Waals surface area contributed by atoms with Gasteiger partial charge in [-0.1, -0.05) is 54.6 Å². The van der Waals surface area contributed by atoms with Crippen molar-refractivity contribution in [1.29, 1.82) is 0 Å². The Hall–Kier alpha value is -3.65. The normalized spacial score (nSPS) is 19.5. The van der Waals surface area contributed by atoms with Crippen LogP contribution >= 0.6 is 0 Å². The fraction of sp³-hybridized carbons (Fsp3) is 0.346. The van der Waals surface area contributed by atoms with Crippen molar-refractivity contribution in [3.63, 3.8) is 0 Å². The fourth-order valence-electron chi connectivity index (χ4n) is 4.64. The monoisotopic (exact) mass is 464 g/mol. The van der Waals surface area contributed by atoms with Gasteiger partial charge in [0.2, 0.25) is 5.91 Å². The predicted octanol–water partition coefficient (Wildman–Crippen LogP) is 3.08. The van der Waals surface area contributed by atoms with Crippen molar-refractivity contribution in [2.75, 3.05) is 19.8 Å². The molecule has 2 aromatic rings. The Morgan fingerprint density at radius 1 is 1.12 bits per heavy atom. The minimum Gasteiger partial charge on any atom is -0.480 e. The molecule has 0 radical (unpaired) electrons. The largest absolute Gasteiger partial charge is 0.480 e. The number of carboxylic acids is 1. The number of carbonyl (C=O) groups is 3. The summed E-state index contributed by atoms with van der Waals surface area (Å²) in [6.45, 7) is 4.26. The Morgan fingerprint density at radius 3 is 2.38 bits per heavy atom. The number of hydrogen-bond acceptors (Lipinski definition) is 5. The summed E-state index contributed by atoms with van der Waals surface area (Å²) in [5, 5.41) is 14.4. The maximum absolute atomic E-state index is 12.5. The highest BCUT2D eigenvalue weighted by Crippen LogP contribution is 2.44. The fourth-order valence-corrected chi connectivity index (χ4v) is 4.64. The van der Waals surface area contributed by atoms with Crippen molar-refractivity contribution >= 4 is 18.0 Å². The highest BCUT2D eigenvalue weighted by Gasteiger charge is 2.36. The molecule has 0 aromatic heterocycles. The number of rotatable bonds is 9. The molecule has 3 atom stereocenters. The molecule has 3 unspecified atom stereocenters. The summed E-state index contributed by atoms with van der Waals surface area (Å²) in [5.74, 6) is -1.96. The van der Waals surface area contributed by atoms with Crippen LogP contribution in [0.25, 0.3) is 11.1 Å². The summed E-state index contributed by atoms with van der Waals surface area (Å²) in [7, 11) is 0. The molecule has 2 aromatic carbocycles. The third-order valence-electron chi connectivity index (χ3n) is 6.34. The SMILES string of the molecule is C=CCC(NC(=O)C1OCCC1CNC(=O)OCC1c2ccccc2-c2ccccc21)C(=O)O. The van der Waals surface area contributed by atoms with Crippen LogP contribution < -0.4 is 10.6 Å². The zero-order valence-corrected chi connectivity index (χ0v) is 18.7. The molecule has 1 fully saturated rings. The molecule has 3 N–H and O–H groups in total. The molecule has 1 aliphatic carbocycles. The first kappa shape index (κ1) is 23.5. The second-order valence-corrected chi connectivity index (χ2v) is 8.47. The van der Waals surface area contributed by atoms with Crippen LogP contribution in [0.2, 0.25) is 0 Å². The third kappa shape index (κ3) is 4.97. The number of ether oxygens (including phenoxy) is 2. The standard InChI is InChI=1S/C26H28N2O6/c1-2-7-22(25(30)31)28-24(29)23-16(12-13-33-23)14-27-26(32)34-15-21-19-10-5-3-8-17(19)18-9-4-6-11-20(18)21/h2-6,8-11,16,21-23H,1,7,12-15H2,(H,27,32)(H,28,29)(H,30,31). The van der Waals surface area contributed by atoms with E-state index in [9.17, 15) is 19.5 Å². The second kappa shape index (κ2) is 10.5. The quantitative estimate of drug-likeness (QED) is 0.492. The lowest BCUT2D eigenvalue weighted by Gasteiger charge is -2.21. The molecule has 34 heavy (non-hydrogen) atoms. The Kier molecular flexibility index (Phi) is 7.27. The molecular weight excluding hydrogens is 436 g/mol. The summed E-state index contributed by atoms with van der Waals surface area (Å²) in [5.41, 5.74) is 4.57. The van der Waals surface area contributed by atoms with Crippen LogP contribution in [-0.4, -0.2) is 55.0 Å². The lowest BCUT2D eigenvalue weighted by Crippen LogP contribution is -2.48. The predicted molar refractivity (Wildman–Crippen MR) is 125 cm³/mol. The summed E-state index contributed by atoms with van der Waals surface area (Å²) in [4.78, 5) is 36.3. The van der Waals surface area contributed by atoms with Gasteiger partial charge in [0.15, 0.2) is 0 Å². The lowest BCUT2D eigenvalue weighted by atomic mass is 9.98. The summed E-state index contributed by atoms with van der Waals surface area (Å²) >= 11 is 0. The number of carboxylic acid groups (broad SMARTS) is 1. The van der Waals surface area contributed by atoms with E-state index in [2.05, 4.69) is 41.5 Å². The summed E-state index contributed by atoms with van der Waals surface area (Å²) in [6.07, 6.45) is 0.714. The molecule has 8 nitrogen and oxygen atoms in total. The van der Waals surface area contributed by atoms with Gasteiger partial charge >= 0.3 is 12.1 Å². The average molecular weight is 465 g/mol. The number of benzene rings is 2. The van der Waals surface area contributed by atoms with Crippen LogP contribution in [-0.2, 0) is 19.1 Å². The van der Waals surface area contributed by atoms with Crippen LogP contribution in [0.5, 0.6) is 0 Å². The maximum atomic E-state index is 12.5. The Bertz CT molecular complexity index is 1040. The van der Waals surface area contributed by atoms with Crippen LogP contribution in [0.1, 0.15) is 29.9 Å². The van der Waals surface area contributed by atoms with Crippen molar-refractivity contribution in [3.05, 3.63) is 72.3 Å². The van der Waals surface area contributed by atoms with E-state index >= 15 is 0 Å². The van der Waals surface area contributed by atoms with Gasteiger partial charge in [0.05, 0.1) is 0 Å². The van der Waals surface area contributed by atoms with Gasteiger partial charge < -0.3 is 25.2 Å². The first-order chi connectivity index (χ1) is 16.5. The zero-order valence-electron chi connectivity index (χ0n) is 18.7. The molecular formula is C26H28N2O6. The van der Waals surface area contributed by atoms with E-state index in [1.807, 2.05) is 24.3 Å². The molecule has 0 saturated carbocycles. The van der Waals surface area contributed by atoms with Gasteiger partial charge in [-0.15, -0.1) is 6.58 Å². The highest BCUT2D eigenvalue weighted by atomic mass is 16.5. The van der Waals surface area contributed by atoms with Crippen LogP contribution in [0, 0.1) is 5.92 Å². The minimum absolute atomic E-state index is 0.0377. The van der Waals surface area contributed by atoms with E-state index in [-0.39, 0.29) is 31.4 Å². The van der Waals surface area contributed by atoms with Crippen molar-refractivity contribution in [2.45, 2.75) is 30.9 Å². The van der Waals surface area contributed by atoms with Crippen molar-refractivity contribution < 1.29 is 29.0 Å². The molecule has 4 rings (SSSR count). The first-order valence-electron chi connectivity index (χ1n) is 11.3. The van der Waals surface area contributed by atoms with Crippen molar-refractivity contribution in [3.8, 4) is 11.1 Å². The van der Waals surface area contributed by atoms with E-state index in [1.54, 1.807) is 0 Å². The van der Waals surface area contributed by atoms with Crippen LogP contribution in [0.15, 0.2) is 61.2 Å². The molecule has 1 heterocycles. The Labute approximate surface area is 198 Å². The maximum Gasteiger partial charge on any atom is 0.407 e. The van der Waals surface area contributed by atoms with Gasteiger partial charge in [-0.05, 0) is 35.1 Å². The average Bonchev–Trinajstić information content (AvgIpc) is 3.44. The highest BCUT2D eigenvalue weighted by molar-refractivity contribution is 5.87. The molecule has 1 saturated heterocycles. The molecule has 0 spiro atoms. The smallest absolute Gasteiger partial charge is 0.407 e. The van der Waals surface area contributed by atoms with E-state index in [4.69, 9.17) is 9.47 Å². The van der Waals surface area contributed by atoms with Gasteiger partial charge in [-0.2, -0.15) is 0 Å². The molecule has 2 amide bonds. The van der Waals surface area contributed by atoms with Crippen molar-refractivity contribution in [2.24, 2.45) is 5.92 Å². The Morgan fingerprint density at radius 2 is 1.76 bits per heavy atom. The van der Waals surface area contributed by atoms with Crippen molar-refractivity contribution in [1.82, 2.24) is 10.6 Å². The van der Waals surface area contributed by atoms with Gasteiger partial charge in [0, 0.05) is 25.0 Å². The summed E-state index contributed by atoms with van der Waals surface area (Å²) < 4.78 is 11.1. The number of alkyl carbamates (subject to hydrolysis) is 1. The molecule has 2 aliphatic rings. The van der Waals surface area contributed by atoms with E-state index in [1.165, 1.54) is 6.08 Å². The molecule has 8 heteroatoms. The van der Waals surface area contributed by atoms with Crippen LogP contribution in [0.4, 0.5) is 4.79 Å². The topological polar surface area (TPSA) is 114 Å². The molecule has 1 aliphatic heterocycles. The van der Waals surface area contributed by atoms with Crippen LogP contribution in [0.3, 0.4) is 0 Å². The summed E-state index contributed by atoms with van der Waals surface area (Å²) in [6, 6.07) is 15.1. The molecule has 0 bridgehead atoms. The lowest BCUT2D eigenvalue weighted by molar-refractivity contribution is -0.144. The number of hydrogen-bond donors (Lipinski definition) is 3. The van der Waals surface area contributed by atoms with Gasteiger partial charge in [-0.25, -0.2) is 9.59 Å². The minimum atomic E-state index is -1.14. The Balaban J connectivity index is 1.31. The van der Waals surface area contributed by atoms with Gasteiger partial charge in [0.1, 0.15) is 18.8 Å².